The van der Waals surface area contributed by atoms with Gasteiger partial charge in [0, 0.05) is 51.2 Å². The summed E-state index contributed by atoms with van der Waals surface area (Å²) < 4.78 is 2.24. The highest BCUT2D eigenvalue weighted by Gasteiger charge is 2.30. The molecule has 1 saturated carbocycles. The Bertz CT molecular complexity index is 710. The topological polar surface area (TPSA) is 103 Å². The van der Waals surface area contributed by atoms with Crippen LogP contribution in [-0.2, 0) is 17.9 Å². The molecule has 9 nitrogen and oxygen atoms in total. The monoisotopic (exact) mass is 345 g/mol. The first-order valence-electron chi connectivity index (χ1n) is 8.73. The third-order valence-corrected chi connectivity index (χ3v) is 4.94. The van der Waals surface area contributed by atoms with Gasteiger partial charge in [-0.15, -0.1) is 0 Å². The van der Waals surface area contributed by atoms with E-state index in [-0.39, 0.29) is 0 Å². The van der Waals surface area contributed by atoms with Crippen LogP contribution in [0.5, 0.6) is 0 Å². The lowest BCUT2D eigenvalue weighted by Crippen LogP contribution is -2.34. The quantitative estimate of drug-likeness (QED) is 0.779. The lowest BCUT2D eigenvalue weighted by atomic mass is 10.1. The number of carboxylic acids is 1. The number of aliphatic carboxylic acids is 1. The Morgan fingerprint density at radius 1 is 1.24 bits per heavy atom. The van der Waals surface area contributed by atoms with Crippen LogP contribution in [0.3, 0.4) is 0 Å². The Morgan fingerprint density at radius 2 is 2.00 bits per heavy atom. The number of imidazole rings is 1. The van der Waals surface area contributed by atoms with E-state index in [1.54, 1.807) is 6.20 Å². The molecule has 2 aromatic rings. The molecule has 0 radical (unpaired) electrons. The largest absolute Gasteiger partial charge is 0.481 e. The van der Waals surface area contributed by atoms with Crippen LogP contribution in [0.4, 0.5) is 0 Å². The molecular weight excluding hydrogens is 322 g/mol. The van der Waals surface area contributed by atoms with Gasteiger partial charge in [-0.1, -0.05) is 0 Å². The zero-order valence-electron chi connectivity index (χ0n) is 14.1. The van der Waals surface area contributed by atoms with Gasteiger partial charge in [-0.3, -0.25) is 14.6 Å². The number of nitrogens with one attached hydrogen (secondary N) is 1. The molecule has 4 rings (SSSR count). The fourth-order valence-electron chi connectivity index (χ4n) is 3.47. The van der Waals surface area contributed by atoms with Crippen molar-refractivity contribution in [3.63, 3.8) is 0 Å². The summed E-state index contributed by atoms with van der Waals surface area (Å²) in [7, 11) is 0. The summed E-state index contributed by atoms with van der Waals surface area (Å²) in [6.45, 7) is 4.01. The average Bonchev–Trinajstić information content (AvgIpc) is 3.17. The van der Waals surface area contributed by atoms with Crippen LogP contribution in [-0.4, -0.2) is 72.0 Å². The Balaban J connectivity index is 1.44. The first-order valence-corrected chi connectivity index (χ1v) is 8.73. The summed E-state index contributed by atoms with van der Waals surface area (Å²) >= 11 is 0. The zero-order chi connectivity index (χ0) is 17.2. The molecule has 2 aromatic heterocycles. The van der Waals surface area contributed by atoms with Crippen molar-refractivity contribution in [3.8, 4) is 0 Å². The zero-order valence-corrected chi connectivity index (χ0v) is 14.1. The van der Waals surface area contributed by atoms with Gasteiger partial charge in [-0.05, 0) is 12.8 Å². The van der Waals surface area contributed by atoms with Gasteiger partial charge in [0.05, 0.1) is 24.4 Å². The van der Waals surface area contributed by atoms with Gasteiger partial charge >= 0.3 is 5.97 Å². The molecule has 1 aliphatic heterocycles. The van der Waals surface area contributed by atoms with Crippen LogP contribution >= 0.6 is 0 Å². The van der Waals surface area contributed by atoms with Gasteiger partial charge in [0.2, 0.25) is 0 Å². The molecule has 2 aliphatic rings. The Kier molecular flexibility index (Phi) is 4.50. The lowest BCUT2D eigenvalue weighted by molar-refractivity contribution is -0.142. The summed E-state index contributed by atoms with van der Waals surface area (Å²) in [6.07, 6.45) is 8.00. The predicted octanol–water partition coefficient (Wildman–Crippen LogP) is 0.355. The van der Waals surface area contributed by atoms with Crippen molar-refractivity contribution in [1.82, 2.24) is 34.8 Å². The van der Waals surface area contributed by atoms with Crippen molar-refractivity contribution in [2.24, 2.45) is 5.92 Å². The maximum absolute atomic E-state index is 11.7. The van der Waals surface area contributed by atoms with Crippen LogP contribution in [0.2, 0.25) is 0 Å². The van der Waals surface area contributed by atoms with E-state index in [1.165, 1.54) is 12.8 Å². The van der Waals surface area contributed by atoms with E-state index in [4.69, 9.17) is 0 Å². The van der Waals surface area contributed by atoms with E-state index < -0.39 is 11.9 Å². The summed E-state index contributed by atoms with van der Waals surface area (Å²) in [5, 5.41) is 20.1. The van der Waals surface area contributed by atoms with Crippen LogP contribution in [0.25, 0.3) is 0 Å². The average molecular weight is 345 g/mol. The fraction of sp³-hybridized carbons (Fsp3) is 0.625. The van der Waals surface area contributed by atoms with Crippen molar-refractivity contribution < 1.29 is 9.90 Å². The Hall–Kier alpha value is -2.26. The normalized spacial score (nSPS) is 22.8. The summed E-state index contributed by atoms with van der Waals surface area (Å²) in [5.41, 5.74) is 0.835. The predicted molar refractivity (Wildman–Crippen MR) is 88.6 cm³/mol. The molecule has 3 heterocycles. The van der Waals surface area contributed by atoms with E-state index in [0.717, 1.165) is 24.6 Å². The summed E-state index contributed by atoms with van der Waals surface area (Å²) in [6, 6.07) is 0.586. The van der Waals surface area contributed by atoms with Gasteiger partial charge in [0.15, 0.2) is 0 Å². The Morgan fingerprint density at radius 3 is 2.64 bits per heavy atom. The highest BCUT2D eigenvalue weighted by atomic mass is 16.4. The smallest absolute Gasteiger partial charge is 0.309 e. The first-order chi connectivity index (χ1) is 12.2. The number of hydrogen-bond acceptors (Lipinski definition) is 6. The minimum atomic E-state index is -0.748. The second kappa shape index (κ2) is 6.93. The van der Waals surface area contributed by atoms with Gasteiger partial charge in [-0.2, -0.15) is 15.4 Å². The molecule has 1 unspecified atom stereocenters. The molecule has 1 saturated heterocycles. The molecule has 0 aromatic carbocycles. The van der Waals surface area contributed by atoms with Gasteiger partial charge in [0.25, 0.3) is 0 Å². The van der Waals surface area contributed by atoms with Gasteiger partial charge < -0.3 is 9.67 Å². The maximum Gasteiger partial charge on any atom is 0.309 e. The molecule has 134 valence electrons. The molecule has 25 heavy (non-hydrogen) atoms. The van der Waals surface area contributed by atoms with Gasteiger partial charge in [0.1, 0.15) is 5.82 Å². The molecule has 9 heteroatoms. The number of aromatic amines is 1. The van der Waals surface area contributed by atoms with Crippen LogP contribution < -0.4 is 0 Å². The second-order valence-corrected chi connectivity index (χ2v) is 6.95. The molecule has 0 spiro atoms. The first kappa shape index (κ1) is 16.2. The summed E-state index contributed by atoms with van der Waals surface area (Å²) in [4.78, 5) is 20.5. The molecule has 0 amide bonds. The molecule has 0 bridgehead atoms. The van der Waals surface area contributed by atoms with Crippen molar-refractivity contribution >= 4 is 5.97 Å². The number of carboxylic acid groups (broad SMARTS) is 1. The fourth-order valence-corrected chi connectivity index (χ4v) is 3.47. The van der Waals surface area contributed by atoms with Crippen molar-refractivity contribution in [1.29, 1.82) is 0 Å². The van der Waals surface area contributed by atoms with E-state index in [2.05, 4.69) is 34.8 Å². The number of rotatable bonds is 6. The van der Waals surface area contributed by atoms with E-state index in [0.29, 0.717) is 32.2 Å². The van der Waals surface area contributed by atoms with Crippen molar-refractivity contribution in [2.45, 2.75) is 32.0 Å². The third-order valence-electron chi connectivity index (χ3n) is 4.94. The highest BCUT2D eigenvalue weighted by molar-refractivity contribution is 5.70. The minimum absolute atomic E-state index is 0.418. The number of hydrogen-bond donors (Lipinski definition) is 2. The van der Waals surface area contributed by atoms with Crippen LogP contribution in [0, 0.1) is 5.92 Å². The molecule has 1 atom stereocenters. The number of H-pyrrole nitrogens is 1. The summed E-state index contributed by atoms with van der Waals surface area (Å²) in [5.74, 6) is -0.127. The van der Waals surface area contributed by atoms with E-state index >= 15 is 0 Å². The standard InChI is InChI=1S/C16H23N7O2/c24-16(25)12-8-21(10-13-7-18-20-19-13)5-6-22(9-12)11-15-17-3-4-23(15)14-1-2-14/h3-4,7,12,14H,1-2,5-6,8-11H2,(H,24,25)(H,18,19,20). The highest BCUT2D eigenvalue weighted by Crippen LogP contribution is 2.35. The SMILES string of the molecule is O=C(O)C1CN(Cc2cn[nH]n2)CCN(Cc2nccn2C2CC2)C1. The van der Waals surface area contributed by atoms with E-state index in [1.807, 2.05) is 12.4 Å². The van der Waals surface area contributed by atoms with Gasteiger partial charge in [-0.25, -0.2) is 4.98 Å². The number of aromatic nitrogens is 5. The Labute approximate surface area is 145 Å². The maximum atomic E-state index is 11.7. The molecule has 2 fully saturated rings. The van der Waals surface area contributed by atoms with Crippen LogP contribution in [0.1, 0.15) is 30.4 Å². The van der Waals surface area contributed by atoms with Crippen molar-refractivity contribution in [3.05, 3.63) is 30.1 Å². The number of carbonyl (C=O) groups is 1. The number of nitrogens with zero attached hydrogens (tertiary/aromatic N) is 6. The molecule has 2 N–H and O–H groups in total. The molecule has 1 aliphatic carbocycles. The van der Waals surface area contributed by atoms with E-state index in [9.17, 15) is 9.90 Å². The minimum Gasteiger partial charge on any atom is -0.481 e. The second-order valence-electron chi connectivity index (χ2n) is 6.95. The lowest BCUT2D eigenvalue weighted by Gasteiger charge is -2.21. The van der Waals surface area contributed by atoms with Crippen LogP contribution in [0.15, 0.2) is 18.6 Å². The van der Waals surface area contributed by atoms with Crippen molar-refractivity contribution in [2.75, 3.05) is 26.2 Å². The molecular formula is C16H23N7O2. The third kappa shape index (κ3) is 3.88.